The standard InChI is InChI=1S/C13H16BrCl2NO/c1-13(2,3-4-14)8-17-12(18)9-5-10(15)7-11(16)6-9/h5-7H,3-4,8H2,1-2H3,(H,17,18). The van der Waals surface area contributed by atoms with Gasteiger partial charge in [-0.25, -0.2) is 0 Å². The van der Waals surface area contributed by atoms with E-state index < -0.39 is 0 Å². The molecular formula is C13H16BrCl2NO. The summed E-state index contributed by atoms with van der Waals surface area (Å²) in [5, 5.41) is 4.75. The van der Waals surface area contributed by atoms with Gasteiger partial charge in [0.25, 0.3) is 5.91 Å². The Balaban J connectivity index is 2.66. The highest BCUT2D eigenvalue weighted by Crippen LogP contribution is 2.21. The molecule has 0 atom stereocenters. The van der Waals surface area contributed by atoms with E-state index in [-0.39, 0.29) is 11.3 Å². The van der Waals surface area contributed by atoms with Gasteiger partial charge in [-0.05, 0) is 30.0 Å². The van der Waals surface area contributed by atoms with Crippen molar-refractivity contribution < 1.29 is 4.79 Å². The van der Waals surface area contributed by atoms with Crippen LogP contribution in [-0.4, -0.2) is 17.8 Å². The Morgan fingerprint density at radius 1 is 1.28 bits per heavy atom. The molecule has 0 aliphatic carbocycles. The topological polar surface area (TPSA) is 29.1 Å². The van der Waals surface area contributed by atoms with Crippen molar-refractivity contribution in [2.24, 2.45) is 5.41 Å². The number of rotatable bonds is 5. The summed E-state index contributed by atoms with van der Waals surface area (Å²) in [6.07, 6.45) is 0.990. The molecule has 18 heavy (non-hydrogen) atoms. The average Bonchev–Trinajstić information content (AvgIpc) is 2.24. The van der Waals surface area contributed by atoms with Crippen LogP contribution >= 0.6 is 39.1 Å². The van der Waals surface area contributed by atoms with Gasteiger partial charge in [0.05, 0.1) is 0 Å². The Morgan fingerprint density at radius 2 is 1.83 bits per heavy atom. The van der Waals surface area contributed by atoms with E-state index in [9.17, 15) is 4.79 Å². The molecule has 0 heterocycles. The van der Waals surface area contributed by atoms with Gasteiger partial charge in [-0.2, -0.15) is 0 Å². The predicted octanol–water partition coefficient (Wildman–Crippen LogP) is 4.53. The van der Waals surface area contributed by atoms with E-state index in [4.69, 9.17) is 23.2 Å². The quantitative estimate of drug-likeness (QED) is 0.774. The monoisotopic (exact) mass is 351 g/mol. The van der Waals surface area contributed by atoms with Crippen molar-refractivity contribution in [3.05, 3.63) is 33.8 Å². The molecule has 0 radical (unpaired) electrons. The molecule has 0 spiro atoms. The first-order valence-electron chi connectivity index (χ1n) is 5.64. The van der Waals surface area contributed by atoms with Gasteiger partial charge in [0, 0.05) is 27.5 Å². The van der Waals surface area contributed by atoms with E-state index in [1.807, 2.05) is 0 Å². The Hall–Kier alpha value is -0.250. The number of carbonyl (C=O) groups excluding carboxylic acids is 1. The van der Waals surface area contributed by atoms with Crippen molar-refractivity contribution in [3.63, 3.8) is 0 Å². The summed E-state index contributed by atoms with van der Waals surface area (Å²) < 4.78 is 0. The minimum absolute atomic E-state index is 0.0571. The Morgan fingerprint density at radius 3 is 2.33 bits per heavy atom. The number of nitrogens with one attached hydrogen (secondary N) is 1. The van der Waals surface area contributed by atoms with Crippen LogP contribution in [0.2, 0.25) is 10.0 Å². The van der Waals surface area contributed by atoms with Crippen molar-refractivity contribution in [1.29, 1.82) is 0 Å². The van der Waals surface area contributed by atoms with E-state index in [1.165, 1.54) is 0 Å². The van der Waals surface area contributed by atoms with Gasteiger partial charge in [-0.1, -0.05) is 53.0 Å². The van der Waals surface area contributed by atoms with Crippen LogP contribution < -0.4 is 5.32 Å². The summed E-state index contributed by atoms with van der Waals surface area (Å²) in [4.78, 5) is 12.0. The van der Waals surface area contributed by atoms with Gasteiger partial charge in [-0.3, -0.25) is 4.79 Å². The zero-order chi connectivity index (χ0) is 13.8. The molecule has 0 aliphatic heterocycles. The summed E-state index contributed by atoms with van der Waals surface area (Å²) in [5.41, 5.74) is 0.545. The van der Waals surface area contributed by atoms with E-state index in [2.05, 4.69) is 35.1 Å². The maximum absolute atomic E-state index is 12.0. The van der Waals surface area contributed by atoms with E-state index >= 15 is 0 Å². The van der Waals surface area contributed by atoms with Crippen LogP contribution in [0.3, 0.4) is 0 Å². The van der Waals surface area contributed by atoms with Crippen LogP contribution in [0.15, 0.2) is 18.2 Å². The molecule has 0 fully saturated rings. The lowest BCUT2D eigenvalue weighted by Crippen LogP contribution is -2.34. The Bertz CT molecular complexity index is 415. The predicted molar refractivity (Wildman–Crippen MR) is 81.0 cm³/mol. The minimum atomic E-state index is -0.151. The molecule has 1 aromatic carbocycles. The van der Waals surface area contributed by atoms with Crippen LogP contribution in [-0.2, 0) is 0 Å². The highest BCUT2D eigenvalue weighted by atomic mass is 79.9. The summed E-state index contributed by atoms with van der Waals surface area (Å²) in [6, 6.07) is 4.83. The number of hydrogen-bond acceptors (Lipinski definition) is 1. The van der Waals surface area contributed by atoms with Gasteiger partial charge in [-0.15, -0.1) is 0 Å². The van der Waals surface area contributed by atoms with E-state index in [0.29, 0.717) is 22.2 Å². The fraction of sp³-hybridized carbons (Fsp3) is 0.462. The summed E-state index contributed by atoms with van der Waals surface area (Å²) in [7, 11) is 0. The highest BCUT2D eigenvalue weighted by Gasteiger charge is 2.18. The molecule has 1 N–H and O–H groups in total. The zero-order valence-electron chi connectivity index (χ0n) is 10.4. The molecule has 0 saturated heterocycles. The first-order valence-corrected chi connectivity index (χ1v) is 7.52. The van der Waals surface area contributed by atoms with Crippen molar-refractivity contribution >= 4 is 45.0 Å². The lowest BCUT2D eigenvalue weighted by atomic mass is 9.90. The van der Waals surface area contributed by atoms with Crippen LogP contribution in [0.5, 0.6) is 0 Å². The third-order valence-corrected chi connectivity index (χ3v) is 3.46. The molecule has 5 heteroatoms. The van der Waals surface area contributed by atoms with Crippen LogP contribution in [0.4, 0.5) is 0 Å². The van der Waals surface area contributed by atoms with Crippen molar-refractivity contribution in [1.82, 2.24) is 5.32 Å². The lowest BCUT2D eigenvalue weighted by molar-refractivity contribution is 0.0936. The van der Waals surface area contributed by atoms with Gasteiger partial charge in [0.15, 0.2) is 0 Å². The SMILES string of the molecule is CC(C)(CCBr)CNC(=O)c1cc(Cl)cc(Cl)c1. The van der Waals surface area contributed by atoms with Gasteiger partial charge in [0.1, 0.15) is 0 Å². The van der Waals surface area contributed by atoms with Gasteiger partial charge < -0.3 is 5.32 Å². The number of alkyl halides is 1. The van der Waals surface area contributed by atoms with Crippen molar-refractivity contribution in [3.8, 4) is 0 Å². The lowest BCUT2D eigenvalue weighted by Gasteiger charge is -2.23. The molecule has 0 saturated carbocycles. The minimum Gasteiger partial charge on any atom is -0.352 e. The smallest absolute Gasteiger partial charge is 0.251 e. The molecule has 2 nitrogen and oxygen atoms in total. The van der Waals surface area contributed by atoms with Crippen molar-refractivity contribution in [2.45, 2.75) is 20.3 Å². The largest absolute Gasteiger partial charge is 0.352 e. The molecule has 1 amide bonds. The third-order valence-electron chi connectivity index (χ3n) is 2.62. The second kappa shape index (κ2) is 6.78. The molecule has 0 aliphatic rings. The van der Waals surface area contributed by atoms with Crippen LogP contribution in [0.1, 0.15) is 30.6 Å². The zero-order valence-corrected chi connectivity index (χ0v) is 13.5. The molecular weight excluding hydrogens is 337 g/mol. The van der Waals surface area contributed by atoms with Crippen molar-refractivity contribution in [2.75, 3.05) is 11.9 Å². The summed E-state index contributed by atoms with van der Waals surface area (Å²) >= 11 is 15.1. The summed E-state index contributed by atoms with van der Waals surface area (Å²) in [5.74, 6) is -0.151. The highest BCUT2D eigenvalue weighted by molar-refractivity contribution is 9.09. The first kappa shape index (κ1) is 15.8. The van der Waals surface area contributed by atoms with Gasteiger partial charge in [0.2, 0.25) is 0 Å². The molecule has 100 valence electrons. The number of amides is 1. The molecule has 0 bridgehead atoms. The van der Waals surface area contributed by atoms with E-state index in [1.54, 1.807) is 18.2 Å². The molecule has 0 aromatic heterocycles. The Kier molecular flexibility index (Phi) is 5.96. The fourth-order valence-corrected chi connectivity index (χ4v) is 3.05. The summed E-state index contributed by atoms with van der Waals surface area (Å²) in [6.45, 7) is 4.83. The molecule has 1 aromatic rings. The second-order valence-electron chi connectivity index (χ2n) is 4.94. The number of carbonyl (C=O) groups is 1. The Labute approximate surface area is 126 Å². The third kappa shape index (κ3) is 5.17. The maximum atomic E-state index is 12.0. The number of hydrogen-bond donors (Lipinski definition) is 1. The van der Waals surface area contributed by atoms with Crippen LogP contribution in [0, 0.1) is 5.41 Å². The fourth-order valence-electron chi connectivity index (χ4n) is 1.45. The number of halogens is 3. The van der Waals surface area contributed by atoms with Gasteiger partial charge >= 0.3 is 0 Å². The maximum Gasteiger partial charge on any atom is 0.251 e. The van der Waals surface area contributed by atoms with E-state index in [0.717, 1.165) is 11.8 Å². The molecule has 0 unspecified atom stereocenters. The normalized spacial score (nSPS) is 11.4. The number of benzene rings is 1. The van der Waals surface area contributed by atoms with Crippen LogP contribution in [0.25, 0.3) is 0 Å². The first-order chi connectivity index (χ1) is 8.34. The second-order valence-corrected chi connectivity index (χ2v) is 6.61. The average molecular weight is 353 g/mol. The molecule has 1 rings (SSSR count).